The van der Waals surface area contributed by atoms with Crippen molar-refractivity contribution in [3.8, 4) is 5.88 Å². The average Bonchev–Trinajstić information content (AvgIpc) is 2.84. The Hall–Kier alpha value is -1.68. The summed E-state index contributed by atoms with van der Waals surface area (Å²) in [5.41, 5.74) is 8.70. The SMILES string of the molecule is Cc1nc2ccccc2nc1OCC1(N)CCCC1. The van der Waals surface area contributed by atoms with Gasteiger partial charge in [0.05, 0.1) is 16.6 Å². The second-order valence-electron chi connectivity index (χ2n) is 5.46. The number of para-hydroxylation sites is 2. The molecule has 100 valence electrons. The summed E-state index contributed by atoms with van der Waals surface area (Å²) in [6.07, 6.45) is 4.46. The lowest BCUT2D eigenvalue weighted by molar-refractivity contribution is 0.212. The van der Waals surface area contributed by atoms with Gasteiger partial charge in [-0.05, 0) is 31.9 Å². The van der Waals surface area contributed by atoms with Crippen molar-refractivity contribution >= 4 is 11.0 Å². The zero-order valence-electron chi connectivity index (χ0n) is 11.2. The first kappa shape index (κ1) is 12.4. The van der Waals surface area contributed by atoms with Crippen LogP contribution in [0.15, 0.2) is 24.3 Å². The Morgan fingerprint density at radius 1 is 1.16 bits per heavy atom. The van der Waals surface area contributed by atoms with Crippen LogP contribution < -0.4 is 10.5 Å². The quantitative estimate of drug-likeness (QED) is 0.918. The first-order valence-corrected chi connectivity index (χ1v) is 6.81. The summed E-state index contributed by atoms with van der Waals surface area (Å²) in [4.78, 5) is 9.04. The maximum Gasteiger partial charge on any atom is 0.236 e. The Morgan fingerprint density at radius 3 is 2.47 bits per heavy atom. The minimum absolute atomic E-state index is 0.181. The molecule has 1 aromatic carbocycles. The van der Waals surface area contributed by atoms with Crippen molar-refractivity contribution in [1.29, 1.82) is 0 Å². The van der Waals surface area contributed by atoms with Crippen LogP contribution >= 0.6 is 0 Å². The molecule has 1 aliphatic carbocycles. The number of hydrogen-bond donors (Lipinski definition) is 1. The zero-order chi connectivity index (χ0) is 13.3. The highest BCUT2D eigenvalue weighted by Crippen LogP contribution is 2.28. The number of hydrogen-bond acceptors (Lipinski definition) is 4. The van der Waals surface area contributed by atoms with E-state index >= 15 is 0 Å². The van der Waals surface area contributed by atoms with Gasteiger partial charge in [0.25, 0.3) is 0 Å². The van der Waals surface area contributed by atoms with Crippen molar-refractivity contribution < 1.29 is 4.74 Å². The first-order chi connectivity index (χ1) is 9.16. The monoisotopic (exact) mass is 257 g/mol. The number of nitrogens with two attached hydrogens (primary N) is 1. The third-order valence-electron chi connectivity index (χ3n) is 3.80. The average molecular weight is 257 g/mol. The van der Waals surface area contributed by atoms with Crippen LogP contribution in [0.1, 0.15) is 31.4 Å². The van der Waals surface area contributed by atoms with Crippen molar-refractivity contribution in [2.24, 2.45) is 5.73 Å². The Labute approximate surface area is 113 Å². The van der Waals surface area contributed by atoms with Crippen LogP contribution in [0.2, 0.25) is 0 Å². The molecule has 2 N–H and O–H groups in total. The van der Waals surface area contributed by atoms with E-state index in [9.17, 15) is 0 Å². The Kier molecular flexibility index (Phi) is 3.11. The van der Waals surface area contributed by atoms with E-state index < -0.39 is 0 Å². The van der Waals surface area contributed by atoms with E-state index in [4.69, 9.17) is 10.5 Å². The summed E-state index contributed by atoms with van der Waals surface area (Å²) < 4.78 is 5.83. The van der Waals surface area contributed by atoms with Crippen molar-refractivity contribution in [3.63, 3.8) is 0 Å². The van der Waals surface area contributed by atoms with Gasteiger partial charge in [-0.15, -0.1) is 0 Å². The fraction of sp³-hybridized carbons (Fsp3) is 0.467. The molecule has 1 heterocycles. The van der Waals surface area contributed by atoms with Crippen LogP contribution in [0.5, 0.6) is 5.88 Å². The second kappa shape index (κ2) is 4.78. The predicted molar refractivity (Wildman–Crippen MR) is 75.2 cm³/mol. The third-order valence-corrected chi connectivity index (χ3v) is 3.80. The fourth-order valence-corrected chi connectivity index (χ4v) is 2.64. The highest BCUT2D eigenvalue weighted by atomic mass is 16.5. The van der Waals surface area contributed by atoms with E-state index in [1.165, 1.54) is 12.8 Å². The molecule has 1 saturated carbocycles. The van der Waals surface area contributed by atoms with Crippen LogP contribution in [-0.4, -0.2) is 22.1 Å². The molecule has 1 aromatic heterocycles. The molecule has 1 aliphatic rings. The van der Waals surface area contributed by atoms with Gasteiger partial charge in [-0.25, -0.2) is 9.97 Å². The lowest BCUT2D eigenvalue weighted by Crippen LogP contribution is -2.42. The molecule has 0 bridgehead atoms. The minimum Gasteiger partial charge on any atom is -0.474 e. The summed E-state index contributed by atoms with van der Waals surface area (Å²) in [6.45, 7) is 2.45. The molecule has 4 nitrogen and oxygen atoms in total. The van der Waals surface area contributed by atoms with E-state index in [1.54, 1.807) is 0 Å². The normalized spacial score (nSPS) is 17.8. The lowest BCUT2D eigenvalue weighted by Gasteiger charge is -2.23. The van der Waals surface area contributed by atoms with Gasteiger partial charge >= 0.3 is 0 Å². The number of rotatable bonds is 3. The summed E-state index contributed by atoms with van der Waals surface area (Å²) in [6, 6.07) is 7.82. The maximum atomic E-state index is 6.30. The lowest BCUT2D eigenvalue weighted by atomic mass is 10.0. The number of fused-ring (bicyclic) bond motifs is 1. The number of benzene rings is 1. The van der Waals surface area contributed by atoms with Crippen LogP contribution in [0, 0.1) is 6.92 Å². The van der Waals surface area contributed by atoms with Crippen molar-refractivity contribution in [1.82, 2.24) is 9.97 Å². The molecular formula is C15H19N3O. The number of nitrogens with zero attached hydrogens (tertiary/aromatic N) is 2. The van der Waals surface area contributed by atoms with E-state index in [1.807, 2.05) is 31.2 Å². The first-order valence-electron chi connectivity index (χ1n) is 6.81. The number of aromatic nitrogens is 2. The van der Waals surface area contributed by atoms with Crippen molar-refractivity contribution in [2.75, 3.05) is 6.61 Å². The topological polar surface area (TPSA) is 61.0 Å². The van der Waals surface area contributed by atoms with Crippen molar-refractivity contribution in [3.05, 3.63) is 30.0 Å². The largest absolute Gasteiger partial charge is 0.474 e. The van der Waals surface area contributed by atoms with Crippen LogP contribution in [-0.2, 0) is 0 Å². The highest BCUT2D eigenvalue weighted by molar-refractivity contribution is 5.74. The van der Waals surface area contributed by atoms with Gasteiger partial charge < -0.3 is 10.5 Å². The zero-order valence-corrected chi connectivity index (χ0v) is 11.2. The highest BCUT2D eigenvalue weighted by Gasteiger charge is 2.30. The Bertz CT molecular complexity index is 591. The van der Waals surface area contributed by atoms with Crippen LogP contribution in [0.4, 0.5) is 0 Å². The van der Waals surface area contributed by atoms with E-state index in [-0.39, 0.29) is 5.54 Å². The molecular weight excluding hydrogens is 238 g/mol. The standard InChI is InChI=1S/C15H19N3O/c1-11-14(19-10-15(16)8-4-5-9-15)18-13-7-3-2-6-12(13)17-11/h2-3,6-7H,4-5,8-10,16H2,1H3. The Morgan fingerprint density at radius 2 is 1.79 bits per heavy atom. The molecule has 0 unspecified atom stereocenters. The summed E-state index contributed by atoms with van der Waals surface area (Å²) in [5.74, 6) is 0.607. The third kappa shape index (κ3) is 2.54. The van der Waals surface area contributed by atoms with E-state index in [2.05, 4.69) is 9.97 Å². The molecule has 0 spiro atoms. The van der Waals surface area contributed by atoms with Crippen LogP contribution in [0.3, 0.4) is 0 Å². The molecule has 1 fully saturated rings. The molecule has 0 radical (unpaired) electrons. The van der Waals surface area contributed by atoms with Gasteiger partial charge in [0.15, 0.2) is 0 Å². The van der Waals surface area contributed by atoms with E-state index in [0.717, 1.165) is 29.6 Å². The van der Waals surface area contributed by atoms with Gasteiger partial charge in [-0.2, -0.15) is 0 Å². The fourth-order valence-electron chi connectivity index (χ4n) is 2.64. The van der Waals surface area contributed by atoms with Crippen LogP contribution in [0.25, 0.3) is 11.0 Å². The molecule has 3 rings (SSSR count). The predicted octanol–water partition coefficient (Wildman–Crippen LogP) is 2.59. The van der Waals surface area contributed by atoms with Gasteiger partial charge in [0, 0.05) is 0 Å². The maximum absolute atomic E-state index is 6.30. The number of ether oxygens (including phenoxy) is 1. The van der Waals surface area contributed by atoms with Gasteiger partial charge in [0.1, 0.15) is 12.3 Å². The Balaban J connectivity index is 1.82. The molecule has 0 saturated heterocycles. The summed E-state index contributed by atoms with van der Waals surface area (Å²) >= 11 is 0. The molecule has 2 aromatic rings. The molecule has 0 atom stereocenters. The molecule has 0 amide bonds. The van der Waals surface area contributed by atoms with Crippen molar-refractivity contribution in [2.45, 2.75) is 38.1 Å². The number of aryl methyl sites for hydroxylation is 1. The molecule has 19 heavy (non-hydrogen) atoms. The summed E-state index contributed by atoms with van der Waals surface area (Å²) in [7, 11) is 0. The smallest absolute Gasteiger partial charge is 0.236 e. The van der Waals surface area contributed by atoms with Gasteiger partial charge in [-0.1, -0.05) is 25.0 Å². The van der Waals surface area contributed by atoms with Gasteiger partial charge in [0.2, 0.25) is 5.88 Å². The van der Waals surface area contributed by atoms with Gasteiger partial charge in [-0.3, -0.25) is 0 Å². The second-order valence-corrected chi connectivity index (χ2v) is 5.46. The molecule has 0 aliphatic heterocycles. The minimum atomic E-state index is -0.181. The molecule has 4 heteroatoms. The van der Waals surface area contributed by atoms with E-state index in [0.29, 0.717) is 12.5 Å². The summed E-state index contributed by atoms with van der Waals surface area (Å²) in [5, 5.41) is 0.